The average molecular weight is 395 g/mol. The average Bonchev–Trinajstić information content (AvgIpc) is 3.03. The summed E-state index contributed by atoms with van der Waals surface area (Å²) in [5.74, 6) is 0.376. The summed E-state index contributed by atoms with van der Waals surface area (Å²) in [5, 5.41) is 2.36. The van der Waals surface area contributed by atoms with Gasteiger partial charge in [-0.05, 0) is 36.4 Å². The maximum Gasteiger partial charge on any atom is 0.413 e. The molecule has 3 rings (SSSR count). The first kappa shape index (κ1) is 18.5. The molecule has 2 aromatic carbocycles. The molecule has 2 N–H and O–H groups in total. The van der Waals surface area contributed by atoms with Crippen molar-refractivity contribution in [3.05, 3.63) is 42.5 Å². The molecule has 0 aliphatic heterocycles. The second-order valence-electron chi connectivity index (χ2n) is 5.14. The summed E-state index contributed by atoms with van der Waals surface area (Å²) in [5.41, 5.74) is 0.930. The van der Waals surface area contributed by atoms with Crippen LogP contribution in [-0.4, -0.2) is 38.4 Å². The molecule has 9 nitrogen and oxygen atoms in total. The fourth-order valence-corrected chi connectivity index (χ4v) is 3.11. The van der Waals surface area contributed by atoms with E-state index in [2.05, 4.69) is 24.8 Å². The van der Waals surface area contributed by atoms with Crippen LogP contribution in [0.5, 0.6) is 11.5 Å². The van der Waals surface area contributed by atoms with E-state index in [1.54, 1.807) is 0 Å². The summed E-state index contributed by atoms with van der Waals surface area (Å²) in [6.07, 6.45) is -0.701. The number of halogens is 1. The van der Waals surface area contributed by atoms with Crippen LogP contribution in [0.4, 0.5) is 15.1 Å². The molecule has 0 spiro atoms. The third-order valence-electron chi connectivity index (χ3n) is 3.40. The topological polar surface area (TPSA) is 120 Å². The number of carbonyl (C=O) groups excluding carboxylic acids is 1. The summed E-state index contributed by atoms with van der Waals surface area (Å²) in [7, 11) is -2.89. The van der Waals surface area contributed by atoms with Gasteiger partial charge in [0.1, 0.15) is 16.4 Å². The van der Waals surface area contributed by atoms with Gasteiger partial charge in [-0.1, -0.05) is 0 Å². The molecule has 142 valence electrons. The van der Waals surface area contributed by atoms with Crippen molar-refractivity contribution in [3.63, 3.8) is 0 Å². The lowest BCUT2D eigenvalue weighted by Crippen LogP contribution is -2.11. The van der Waals surface area contributed by atoms with Crippen molar-refractivity contribution in [2.75, 3.05) is 19.3 Å². The Morgan fingerprint density at radius 3 is 2.56 bits per heavy atom. The number of nitrogens with zero attached hydrogens (tertiary/aromatic N) is 1. The van der Waals surface area contributed by atoms with Gasteiger partial charge in [-0.3, -0.25) is 5.32 Å². The predicted molar refractivity (Wildman–Crippen MR) is 93.0 cm³/mol. The molecule has 0 saturated carbocycles. The smallest absolute Gasteiger partial charge is 0.413 e. The van der Waals surface area contributed by atoms with Gasteiger partial charge >= 0.3 is 16.2 Å². The number of aromatic amines is 1. The second-order valence-corrected chi connectivity index (χ2v) is 6.69. The molecule has 0 atom stereocenters. The Hall–Kier alpha value is -3.34. The van der Waals surface area contributed by atoms with Crippen LogP contribution in [0.2, 0.25) is 0 Å². The number of hydrogen-bond acceptors (Lipinski definition) is 7. The van der Waals surface area contributed by atoms with Crippen molar-refractivity contribution >= 4 is 33.2 Å². The lowest BCUT2D eigenvalue weighted by molar-refractivity contribution is 0.186. The third-order valence-corrected chi connectivity index (χ3v) is 4.66. The summed E-state index contributed by atoms with van der Waals surface area (Å²) in [6, 6.07) is 9.49. The van der Waals surface area contributed by atoms with Crippen molar-refractivity contribution < 1.29 is 31.3 Å². The van der Waals surface area contributed by atoms with Crippen LogP contribution >= 0.6 is 0 Å². The third kappa shape index (κ3) is 4.26. The van der Waals surface area contributed by atoms with E-state index in [1.807, 2.05) is 0 Å². The molecule has 11 heteroatoms. The number of imidazole rings is 1. The van der Waals surface area contributed by atoms with E-state index in [0.29, 0.717) is 11.0 Å². The monoisotopic (exact) mass is 395 g/mol. The molecule has 1 amide bonds. The molecule has 0 saturated heterocycles. The van der Waals surface area contributed by atoms with Crippen molar-refractivity contribution in [1.82, 2.24) is 9.97 Å². The number of fused-ring (bicyclic) bond motifs is 1. The number of ether oxygens (including phenoxy) is 2. The zero-order valence-electron chi connectivity index (χ0n) is 13.9. The van der Waals surface area contributed by atoms with Gasteiger partial charge in [-0.25, -0.2) is 14.2 Å². The zero-order valence-corrected chi connectivity index (χ0v) is 14.7. The number of hydrogen-bond donors (Lipinski definition) is 2. The fourth-order valence-electron chi connectivity index (χ4n) is 2.19. The van der Waals surface area contributed by atoms with Crippen LogP contribution < -0.4 is 14.2 Å². The highest BCUT2D eigenvalue weighted by Gasteiger charge is 2.17. The lowest BCUT2D eigenvalue weighted by atomic mass is 10.3. The number of alkyl halides is 1. The molecule has 0 fully saturated rings. The molecule has 0 radical (unpaired) electrons. The minimum Gasteiger partial charge on any atom is -0.463 e. The lowest BCUT2D eigenvalue weighted by Gasteiger charge is -2.08. The summed E-state index contributed by atoms with van der Waals surface area (Å²) in [6.45, 7) is -1.01. The molecule has 0 aliphatic rings. The summed E-state index contributed by atoms with van der Waals surface area (Å²) in [4.78, 5) is 18.0. The van der Waals surface area contributed by atoms with Gasteiger partial charge in [0.15, 0.2) is 0 Å². The number of rotatable bonds is 6. The Morgan fingerprint density at radius 2 is 1.89 bits per heavy atom. The van der Waals surface area contributed by atoms with Crippen LogP contribution in [0, 0.1) is 0 Å². The van der Waals surface area contributed by atoms with Gasteiger partial charge in [-0.2, -0.15) is 8.42 Å². The maximum absolute atomic E-state index is 12.4. The zero-order chi connectivity index (χ0) is 19.4. The number of benzene rings is 2. The first-order chi connectivity index (χ1) is 12.9. The van der Waals surface area contributed by atoms with Crippen molar-refractivity contribution in [3.8, 4) is 11.5 Å². The van der Waals surface area contributed by atoms with Crippen LogP contribution in [0.3, 0.4) is 0 Å². The number of aromatic nitrogens is 2. The van der Waals surface area contributed by atoms with E-state index in [-0.39, 0.29) is 22.3 Å². The molecule has 27 heavy (non-hydrogen) atoms. The first-order valence-corrected chi connectivity index (χ1v) is 8.90. The standard InChI is InChI=1S/C16H14FN3O6S/c1-24-16(21)20-15-18-13-7-4-11(8-14(13)19-15)26-27(22,23)12-5-2-10(3-6-12)25-9-17/h2-8H,9H2,1H3,(H2,18,19,20,21). The minimum atomic E-state index is -4.10. The molecular weight excluding hydrogens is 381 g/mol. The van der Waals surface area contributed by atoms with E-state index in [9.17, 15) is 17.6 Å². The molecular formula is C16H14FN3O6S. The summed E-state index contributed by atoms with van der Waals surface area (Å²) < 4.78 is 51.0. The molecule has 0 bridgehead atoms. The van der Waals surface area contributed by atoms with Crippen molar-refractivity contribution in [1.29, 1.82) is 0 Å². The highest BCUT2D eigenvalue weighted by Crippen LogP contribution is 2.25. The van der Waals surface area contributed by atoms with Gasteiger partial charge in [0, 0.05) is 6.07 Å². The first-order valence-electron chi connectivity index (χ1n) is 7.49. The molecule has 0 aliphatic carbocycles. The quantitative estimate of drug-likeness (QED) is 0.616. The Morgan fingerprint density at radius 1 is 1.19 bits per heavy atom. The van der Waals surface area contributed by atoms with E-state index < -0.39 is 23.1 Å². The number of H-pyrrole nitrogens is 1. The van der Waals surface area contributed by atoms with Crippen molar-refractivity contribution in [2.45, 2.75) is 4.90 Å². The summed E-state index contributed by atoms with van der Waals surface area (Å²) >= 11 is 0. The number of nitrogens with one attached hydrogen (secondary N) is 2. The Balaban J connectivity index is 1.81. The normalized spacial score (nSPS) is 11.2. The Bertz CT molecular complexity index is 1070. The predicted octanol–water partition coefficient (Wildman–Crippen LogP) is 2.81. The van der Waals surface area contributed by atoms with Crippen LogP contribution in [0.15, 0.2) is 47.4 Å². The molecule has 3 aromatic rings. The number of amides is 1. The van der Waals surface area contributed by atoms with E-state index in [4.69, 9.17) is 4.18 Å². The molecule has 0 unspecified atom stereocenters. The largest absolute Gasteiger partial charge is 0.463 e. The van der Waals surface area contributed by atoms with Crippen molar-refractivity contribution in [2.24, 2.45) is 0 Å². The van der Waals surface area contributed by atoms with E-state index in [0.717, 1.165) is 0 Å². The van der Waals surface area contributed by atoms with Gasteiger partial charge in [0.05, 0.1) is 18.1 Å². The number of anilines is 1. The number of carbonyl (C=O) groups is 1. The van der Waals surface area contributed by atoms with E-state index in [1.165, 1.54) is 49.6 Å². The number of methoxy groups -OCH3 is 1. The SMILES string of the molecule is COC(=O)Nc1nc2ccc(OS(=O)(=O)c3ccc(OCF)cc3)cc2[nH]1. The Labute approximate surface area is 153 Å². The van der Waals surface area contributed by atoms with Gasteiger partial charge in [0.2, 0.25) is 12.8 Å². The maximum atomic E-state index is 12.4. The van der Waals surface area contributed by atoms with Crippen LogP contribution in [-0.2, 0) is 14.9 Å². The van der Waals surface area contributed by atoms with Crippen LogP contribution in [0.25, 0.3) is 11.0 Å². The van der Waals surface area contributed by atoms with Gasteiger partial charge < -0.3 is 18.6 Å². The van der Waals surface area contributed by atoms with Crippen LogP contribution in [0.1, 0.15) is 0 Å². The van der Waals surface area contributed by atoms with Gasteiger partial charge in [-0.15, -0.1) is 0 Å². The van der Waals surface area contributed by atoms with Gasteiger partial charge in [0.25, 0.3) is 0 Å². The second kappa shape index (κ2) is 7.50. The highest BCUT2D eigenvalue weighted by atomic mass is 32.2. The molecule has 1 heterocycles. The Kier molecular flexibility index (Phi) is 5.12. The molecule has 1 aromatic heterocycles. The van der Waals surface area contributed by atoms with E-state index >= 15 is 0 Å². The minimum absolute atomic E-state index is 0.0415. The highest BCUT2D eigenvalue weighted by molar-refractivity contribution is 7.87. The fraction of sp³-hybridized carbons (Fsp3) is 0.125.